The van der Waals surface area contributed by atoms with Crippen LogP contribution in [0, 0.1) is 5.92 Å². The third kappa shape index (κ3) is 6.78. The van der Waals surface area contributed by atoms with Crippen molar-refractivity contribution < 1.29 is 9.53 Å². The van der Waals surface area contributed by atoms with Crippen LogP contribution < -0.4 is 10.2 Å². The molecule has 2 aliphatic rings. The van der Waals surface area contributed by atoms with Crippen LogP contribution in [0.25, 0.3) is 0 Å². The van der Waals surface area contributed by atoms with Gasteiger partial charge in [-0.15, -0.1) is 0 Å². The minimum absolute atomic E-state index is 0.0456. The molecule has 2 aromatic rings. The quantitative estimate of drug-likeness (QED) is 0.468. The largest absolute Gasteiger partial charge is 0.377 e. The predicted octanol–water partition coefficient (Wildman–Crippen LogP) is 5.83. The molecule has 2 heterocycles. The number of ether oxygens (including phenoxy) is 1. The Morgan fingerprint density at radius 1 is 1.08 bits per heavy atom. The minimum atomic E-state index is -0.0456. The molecule has 0 spiro atoms. The molecule has 0 aliphatic carbocycles. The van der Waals surface area contributed by atoms with Gasteiger partial charge in [-0.25, -0.2) is 0 Å². The summed E-state index contributed by atoms with van der Waals surface area (Å²) in [5.74, 6) is 0.338. The van der Waals surface area contributed by atoms with E-state index in [0.717, 1.165) is 49.4 Å². The van der Waals surface area contributed by atoms with Gasteiger partial charge in [-0.2, -0.15) is 0 Å². The number of piperidine rings is 1. The highest BCUT2D eigenvalue weighted by molar-refractivity contribution is 6.35. The summed E-state index contributed by atoms with van der Waals surface area (Å²) in [7, 11) is 4.07. The molecule has 1 amide bonds. The zero-order valence-corrected chi connectivity index (χ0v) is 23.4. The van der Waals surface area contributed by atoms with Crippen LogP contribution in [0.2, 0.25) is 15.1 Å². The zero-order valence-electron chi connectivity index (χ0n) is 21.1. The fraction of sp³-hybridized carbons (Fsp3) is 0.519. The molecule has 0 radical (unpaired) electrons. The van der Waals surface area contributed by atoms with E-state index in [9.17, 15) is 4.79 Å². The SMILES string of the molecule is C[C@@H](Nc1cc(N2CCC(C(=O)N3CCOC(CN(C)C)C3)CC2)ccc1Cl)c1ccc(Cl)cc1Cl. The van der Waals surface area contributed by atoms with Gasteiger partial charge < -0.3 is 24.8 Å². The maximum absolute atomic E-state index is 13.2. The summed E-state index contributed by atoms with van der Waals surface area (Å²) in [4.78, 5) is 19.7. The van der Waals surface area contributed by atoms with Gasteiger partial charge in [0.2, 0.25) is 5.91 Å². The van der Waals surface area contributed by atoms with Crippen molar-refractivity contribution in [3.63, 3.8) is 0 Å². The van der Waals surface area contributed by atoms with Crippen LogP contribution in [0.4, 0.5) is 11.4 Å². The molecule has 2 aliphatic heterocycles. The average Bonchev–Trinajstić information content (AvgIpc) is 2.85. The molecular formula is C27H35Cl3N4O2. The first-order valence-corrected chi connectivity index (χ1v) is 13.7. The average molecular weight is 554 g/mol. The summed E-state index contributed by atoms with van der Waals surface area (Å²) in [6.45, 7) is 6.53. The predicted molar refractivity (Wildman–Crippen MR) is 150 cm³/mol. The molecule has 1 N–H and O–H groups in total. The Balaban J connectivity index is 1.36. The van der Waals surface area contributed by atoms with Gasteiger partial charge >= 0.3 is 0 Å². The Morgan fingerprint density at radius 3 is 2.53 bits per heavy atom. The highest BCUT2D eigenvalue weighted by atomic mass is 35.5. The number of nitrogens with one attached hydrogen (secondary N) is 1. The van der Waals surface area contributed by atoms with E-state index < -0.39 is 0 Å². The third-order valence-corrected chi connectivity index (χ3v) is 7.87. The van der Waals surface area contributed by atoms with E-state index in [1.54, 1.807) is 6.07 Å². The van der Waals surface area contributed by atoms with Gasteiger partial charge in [0, 0.05) is 54.4 Å². The van der Waals surface area contributed by atoms with Gasteiger partial charge in [0.25, 0.3) is 0 Å². The second kappa shape index (κ2) is 12.2. The maximum Gasteiger partial charge on any atom is 0.225 e. The number of morpholine rings is 1. The minimum Gasteiger partial charge on any atom is -0.377 e. The van der Waals surface area contributed by atoms with Crippen LogP contribution >= 0.6 is 34.8 Å². The number of likely N-dealkylation sites (N-methyl/N-ethyl adjacent to an activating group) is 1. The number of hydrogen-bond donors (Lipinski definition) is 1. The van der Waals surface area contributed by atoms with E-state index in [4.69, 9.17) is 39.5 Å². The van der Waals surface area contributed by atoms with Crippen LogP contribution in [0.5, 0.6) is 0 Å². The van der Waals surface area contributed by atoms with Crippen molar-refractivity contribution in [1.82, 2.24) is 9.80 Å². The van der Waals surface area contributed by atoms with Crippen LogP contribution in [0.1, 0.15) is 31.4 Å². The summed E-state index contributed by atoms with van der Waals surface area (Å²) < 4.78 is 5.85. The molecule has 4 rings (SSSR count). The third-order valence-electron chi connectivity index (χ3n) is 6.98. The van der Waals surface area contributed by atoms with Crippen molar-refractivity contribution in [3.05, 3.63) is 57.0 Å². The fourth-order valence-electron chi connectivity index (χ4n) is 5.06. The number of rotatable bonds is 7. The second-order valence-electron chi connectivity index (χ2n) is 10.00. The molecule has 0 bridgehead atoms. The number of benzene rings is 2. The summed E-state index contributed by atoms with van der Waals surface area (Å²) in [6, 6.07) is 11.5. The summed E-state index contributed by atoms with van der Waals surface area (Å²) in [5, 5.41) is 5.38. The Bertz CT molecular complexity index is 1060. The maximum atomic E-state index is 13.2. The lowest BCUT2D eigenvalue weighted by Crippen LogP contribution is -2.51. The number of carbonyl (C=O) groups is 1. The topological polar surface area (TPSA) is 48.1 Å². The highest BCUT2D eigenvalue weighted by Gasteiger charge is 2.32. The highest BCUT2D eigenvalue weighted by Crippen LogP contribution is 2.34. The zero-order chi connectivity index (χ0) is 25.8. The van der Waals surface area contributed by atoms with Crippen molar-refractivity contribution >= 4 is 52.1 Å². The number of carbonyl (C=O) groups excluding carboxylic acids is 1. The van der Waals surface area contributed by atoms with Crippen molar-refractivity contribution in [2.45, 2.75) is 31.9 Å². The Hall–Kier alpha value is -1.70. The van der Waals surface area contributed by atoms with E-state index in [1.165, 1.54) is 0 Å². The van der Waals surface area contributed by atoms with Gasteiger partial charge in [-0.3, -0.25) is 4.79 Å². The lowest BCUT2D eigenvalue weighted by Gasteiger charge is -2.39. The normalized spacial score (nSPS) is 20.0. The monoisotopic (exact) mass is 552 g/mol. The summed E-state index contributed by atoms with van der Waals surface area (Å²) >= 11 is 19.0. The van der Waals surface area contributed by atoms with E-state index in [1.807, 2.05) is 50.2 Å². The second-order valence-corrected chi connectivity index (χ2v) is 11.2. The van der Waals surface area contributed by atoms with Gasteiger partial charge in [0.1, 0.15) is 0 Å². The van der Waals surface area contributed by atoms with Gasteiger partial charge in [-0.1, -0.05) is 40.9 Å². The Kier molecular flexibility index (Phi) is 9.29. The number of anilines is 2. The molecule has 0 aromatic heterocycles. The van der Waals surface area contributed by atoms with Gasteiger partial charge in [0.15, 0.2) is 0 Å². The standard InChI is InChI=1S/C27H35Cl3N4O2/c1-18(23-6-4-20(28)14-25(23)30)31-26-15-21(5-7-24(26)29)33-10-8-19(9-11-33)27(35)34-12-13-36-22(17-34)16-32(2)3/h4-7,14-15,18-19,22,31H,8-13,16-17H2,1-3H3/t18-,22?/m1/s1. The molecule has 9 heteroatoms. The molecule has 0 saturated carbocycles. The van der Waals surface area contributed by atoms with Crippen LogP contribution in [0.3, 0.4) is 0 Å². The van der Waals surface area contributed by atoms with E-state index in [-0.39, 0.29) is 24.0 Å². The van der Waals surface area contributed by atoms with Crippen molar-refractivity contribution in [3.8, 4) is 0 Å². The molecule has 2 saturated heterocycles. The molecule has 196 valence electrons. The molecule has 36 heavy (non-hydrogen) atoms. The first-order chi connectivity index (χ1) is 17.2. The van der Waals surface area contributed by atoms with Crippen LogP contribution in [-0.2, 0) is 9.53 Å². The van der Waals surface area contributed by atoms with Crippen molar-refractivity contribution in [1.29, 1.82) is 0 Å². The van der Waals surface area contributed by atoms with E-state index >= 15 is 0 Å². The molecule has 2 atom stereocenters. The molecule has 1 unspecified atom stereocenters. The lowest BCUT2D eigenvalue weighted by atomic mass is 9.94. The van der Waals surface area contributed by atoms with Crippen molar-refractivity contribution in [2.75, 3.05) is 63.6 Å². The van der Waals surface area contributed by atoms with Gasteiger partial charge in [0.05, 0.1) is 29.5 Å². The Morgan fingerprint density at radius 2 is 1.83 bits per heavy atom. The first kappa shape index (κ1) is 27.3. The first-order valence-electron chi connectivity index (χ1n) is 12.5. The summed E-state index contributed by atoms with van der Waals surface area (Å²) in [5.41, 5.74) is 2.91. The molecule has 6 nitrogen and oxygen atoms in total. The lowest BCUT2D eigenvalue weighted by molar-refractivity contribution is -0.144. The fourth-order valence-corrected chi connectivity index (χ4v) is 5.81. The van der Waals surface area contributed by atoms with Crippen molar-refractivity contribution in [2.24, 2.45) is 5.92 Å². The van der Waals surface area contributed by atoms with Gasteiger partial charge in [-0.05, 0) is 69.8 Å². The number of halogens is 3. The Labute approximate surface area is 229 Å². The van der Waals surface area contributed by atoms with Crippen LogP contribution in [-0.4, -0.2) is 75.2 Å². The molecule has 2 aromatic carbocycles. The molecular weight excluding hydrogens is 519 g/mol. The number of hydrogen-bond acceptors (Lipinski definition) is 5. The van der Waals surface area contributed by atoms with E-state index in [0.29, 0.717) is 34.8 Å². The van der Waals surface area contributed by atoms with E-state index in [2.05, 4.69) is 21.2 Å². The summed E-state index contributed by atoms with van der Waals surface area (Å²) in [6.07, 6.45) is 1.77. The smallest absolute Gasteiger partial charge is 0.225 e. The number of nitrogens with zero attached hydrogens (tertiary/aromatic N) is 3. The van der Waals surface area contributed by atoms with Crippen LogP contribution in [0.15, 0.2) is 36.4 Å². The number of amides is 1. The molecule has 2 fully saturated rings.